The van der Waals surface area contributed by atoms with Gasteiger partial charge in [0.1, 0.15) is 0 Å². The van der Waals surface area contributed by atoms with Gasteiger partial charge in [-0.05, 0) is 36.8 Å². The van der Waals surface area contributed by atoms with Crippen LogP contribution < -0.4 is 10.6 Å². The van der Waals surface area contributed by atoms with Crippen molar-refractivity contribution in [3.8, 4) is 0 Å². The first-order chi connectivity index (χ1) is 11.6. The van der Waals surface area contributed by atoms with Crippen molar-refractivity contribution in [1.29, 1.82) is 0 Å². The molecule has 120 valence electrons. The van der Waals surface area contributed by atoms with Gasteiger partial charge in [-0.3, -0.25) is 19.9 Å². The van der Waals surface area contributed by atoms with Crippen molar-refractivity contribution >= 4 is 29.2 Å². The molecule has 0 radical (unpaired) electrons. The Bertz CT molecular complexity index is 824. The number of rotatable bonds is 4. The van der Waals surface area contributed by atoms with Crippen molar-refractivity contribution in [2.45, 2.75) is 13.5 Å². The Kier molecular flexibility index (Phi) is 4.47. The zero-order valence-corrected chi connectivity index (χ0v) is 13.1. The molecule has 0 aromatic heterocycles. The Morgan fingerprint density at radius 2 is 1.83 bits per heavy atom. The number of Topliss-reactive ketones (excluding diaryl/α,β-unsaturated/α-hetero) is 1. The van der Waals surface area contributed by atoms with E-state index in [4.69, 9.17) is 0 Å². The molecule has 0 fully saturated rings. The number of benzene rings is 2. The molecular formula is C18H16N4O2. The number of nitrogens with zero attached hydrogens (tertiary/aromatic N) is 2. The summed E-state index contributed by atoms with van der Waals surface area (Å²) in [5.74, 6) is 0.126. The predicted molar refractivity (Wildman–Crippen MR) is 93.2 cm³/mol. The Morgan fingerprint density at radius 3 is 2.50 bits per heavy atom. The second kappa shape index (κ2) is 6.87. The van der Waals surface area contributed by atoms with Crippen molar-refractivity contribution in [1.82, 2.24) is 5.32 Å². The van der Waals surface area contributed by atoms with E-state index in [1.165, 1.54) is 6.92 Å². The van der Waals surface area contributed by atoms with E-state index in [1.807, 2.05) is 30.3 Å². The third kappa shape index (κ3) is 3.73. The van der Waals surface area contributed by atoms with Crippen LogP contribution in [0.2, 0.25) is 0 Å². The van der Waals surface area contributed by atoms with Gasteiger partial charge < -0.3 is 5.32 Å². The Hall–Kier alpha value is -3.28. The fraction of sp³-hybridized carbons (Fsp3) is 0.111. The van der Waals surface area contributed by atoms with Crippen LogP contribution in [-0.2, 0) is 11.3 Å². The summed E-state index contributed by atoms with van der Waals surface area (Å²) in [6.07, 6.45) is 0. The third-order valence-electron chi connectivity index (χ3n) is 3.46. The molecule has 0 spiro atoms. The van der Waals surface area contributed by atoms with Gasteiger partial charge in [0.05, 0.1) is 6.54 Å². The van der Waals surface area contributed by atoms with Gasteiger partial charge in [-0.1, -0.05) is 30.3 Å². The molecule has 0 aliphatic carbocycles. The lowest BCUT2D eigenvalue weighted by Gasteiger charge is -2.05. The number of nitrogens with one attached hydrogen (secondary N) is 2. The molecule has 2 aromatic rings. The minimum absolute atomic E-state index is 0.00314. The lowest BCUT2D eigenvalue weighted by atomic mass is 10.1. The van der Waals surface area contributed by atoms with Crippen molar-refractivity contribution in [2.24, 2.45) is 9.98 Å². The van der Waals surface area contributed by atoms with E-state index in [2.05, 4.69) is 20.6 Å². The molecule has 0 bridgehead atoms. The van der Waals surface area contributed by atoms with Crippen LogP contribution in [0.15, 0.2) is 64.6 Å². The summed E-state index contributed by atoms with van der Waals surface area (Å²) < 4.78 is 0. The first kappa shape index (κ1) is 15.6. The lowest BCUT2D eigenvalue weighted by Crippen LogP contribution is -2.31. The zero-order chi connectivity index (χ0) is 16.9. The van der Waals surface area contributed by atoms with Crippen LogP contribution in [-0.4, -0.2) is 23.5 Å². The summed E-state index contributed by atoms with van der Waals surface area (Å²) in [6.45, 7) is 1.91. The number of carbonyl (C=O) groups excluding carboxylic acids is 2. The maximum absolute atomic E-state index is 11.9. The lowest BCUT2D eigenvalue weighted by molar-refractivity contribution is -0.113. The standard InChI is InChI=1S/C18H16N4O2/c1-12(23)14-7-9-15(10-8-14)20-18-21-16(17(24)22-18)19-11-13-5-3-2-4-6-13/h2-10H,11H2,1H3,(H2,19,20,21,22,24). The molecule has 1 heterocycles. The molecule has 2 N–H and O–H groups in total. The number of aliphatic imine (C=N–C) groups is 2. The molecule has 0 saturated carbocycles. The molecule has 1 aliphatic heterocycles. The molecule has 3 rings (SSSR count). The van der Waals surface area contributed by atoms with Crippen LogP contribution in [0.25, 0.3) is 0 Å². The number of amidine groups is 1. The van der Waals surface area contributed by atoms with Crippen molar-refractivity contribution < 1.29 is 9.59 Å². The van der Waals surface area contributed by atoms with Gasteiger partial charge in [0, 0.05) is 11.3 Å². The summed E-state index contributed by atoms with van der Waals surface area (Å²) in [5, 5.41) is 5.62. The fourth-order valence-electron chi connectivity index (χ4n) is 2.19. The Balaban J connectivity index is 1.68. The zero-order valence-electron chi connectivity index (χ0n) is 13.1. The van der Waals surface area contributed by atoms with Crippen LogP contribution in [0.1, 0.15) is 22.8 Å². The van der Waals surface area contributed by atoms with Crippen LogP contribution in [0.5, 0.6) is 0 Å². The highest BCUT2D eigenvalue weighted by atomic mass is 16.2. The SMILES string of the molecule is CC(=O)c1ccc(NC2=NC(=NCc3ccccc3)C(=O)N2)cc1. The quantitative estimate of drug-likeness (QED) is 0.849. The second-order valence-corrected chi connectivity index (χ2v) is 5.30. The predicted octanol–water partition coefficient (Wildman–Crippen LogP) is 2.39. The summed E-state index contributed by atoms with van der Waals surface area (Å²) in [5.41, 5.74) is 2.36. The van der Waals surface area contributed by atoms with E-state index in [0.717, 1.165) is 11.3 Å². The molecule has 0 unspecified atom stereocenters. The molecular weight excluding hydrogens is 304 g/mol. The molecule has 0 saturated heterocycles. The van der Waals surface area contributed by atoms with E-state index in [-0.39, 0.29) is 17.5 Å². The minimum atomic E-state index is -0.339. The highest BCUT2D eigenvalue weighted by Crippen LogP contribution is 2.11. The Labute approximate surface area is 139 Å². The molecule has 24 heavy (non-hydrogen) atoms. The smallest absolute Gasteiger partial charge is 0.295 e. The van der Waals surface area contributed by atoms with E-state index in [1.54, 1.807) is 24.3 Å². The minimum Gasteiger partial charge on any atom is -0.326 e. The summed E-state index contributed by atoms with van der Waals surface area (Å²) in [4.78, 5) is 31.6. The number of anilines is 1. The van der Waals surface area contributed by atoms with Gasteiger partial charge in [0.15, 0.2) is 5.78 Å². The Morgan fingerprint density at radius 1 is 1.12 bits per heavy atom. The van der Waals surface area contributed by atoms with Crippen LogP contribution >= 0.6 is 0 Å². The molecule has 2 aromatic carbocycles. The number of hydrogen-bond acceptors (Lipinski definition) is 4. The van der Waals surface area contributed by atoms with Gasteiger partial charge in [0.2, 0.25) is 11.8 Å². The average Bonchev–Trinajstić information content (AvgIpc) is 2.94. The van der Waals surface area contributed by atoms with Gasteiger partial charge in [-0.25, -0.2) is 0 Å². The maximum atomic E-state index is 11.9. The number of hydrogen-bond donors (Lipinski definition) is 2. The van der Waals surface area contributed by atoms with E-state index in [0.29, 0.717) is 18.1 Å². The second-order valence-electron chi connectivity index (χ2n) is 5.30. The molecule has 1 aliphatic rings. The first-order valence-corrected chi connectivity index (χ1v) is 7.48. The van der Waals surface area contributed by atoms with Crippen molar-refractivity contribution in [3.63, 3.8) is 0 Å². The average molecular weight is 320 g/mol. The monoisotopic (exact) mass is 320 g/mol. The fourth-order valence-corrected chi connectivity index (χ4v) is 2.19. The molecule has 6 heteroatoms. The van der Waals surface area contributed by atoms with Crippen LogP contribution in [0.3, 0.4) is 0 Å². The summed E-state index contributed by atoms with van der Waals surface area (Å²) in [7, 11) is 0. The number of carbonyl (C=O) groups is 2. The largest absolute Gasteiger partial charge is 0.326 e. The van der Waals surface area contributed by atoms with E-state index >= 15 is 0 Å². The summed E-state index contributed by atoms with van der Waals surface area (Å²) in [6, 6.07) is 16.6. The maximum Gasteiger partial charge on any atom is 0.295 e. The molecule has 6 nitrogen and oxygen atoms in total. The van der Waals surface area contributed by atoms with Gasteiger partial charge in [-0.2, -0.15) is 4.99 Å². The molecule has 0 atom stereocenters. The van der Waals surface area contributed by atoms with E-state index < -0.39 is 0 Å². The van der Waals surface area contributed by atoms with Crippen molar-refractivity contribution in [3.05, 3.63) is 65.7 Å². The normalized spacial score (nSPS) is 15.1. The molecule has 1 amide bonds. The van der Waals surface area contributed by atoms with Gasteiger partial charge in [-0.15, -0.1) is 0 Å². The van der Waals surface area contributed by atoms with Gasteiger partial charge in [0.25, 0.3) is 5.91 Å². The highest BCUT2D eigenvalue weighted by Gasteiger charge is 2.21. The van der Waals surface area contributed by atoms with Crippen molar-refractivity contribution in [2.75, 3.05) is 5.32 Å². The number of guanidine groups is 1. The van der Waals surface area contributed by atoms with Gasteiger partial charge >= 0.3 is 0 Å². The third-order valence-corrected chi connectivity index (χ3v) is 3.46. The van der Waals surface area contributed by atoms with Crippen LogP contribution in [0.4, 0.5) is 5.69 Å². The highest BCUT2D eigenvalue weighted by molar-refractivity contribution is 6.47. The van der Waals surface area contributed by atoms with E-state index in [9.17, 15) is 9.59 Å². The number of ketones is 1. The summed E-state index contributed by atoms with van der Waals surface area (Å²) >= 11 is 0. The number of amides is 1. The first-order valence-electron chi connectivity index (χ1n) is 7.48. The van der Waals surface area contributed by atoms with Crippen LogP contribution in [0, 0.1) is 0 Å². The topological polar surface area (TPSA) is 82.9 Å².